The van der Waals surface area contributed by atoms with E-state index in [0.29, 0.717) is 13.2 Å². The maximum Gasteiger partial charge on any atom is 0.501 e. The summed E-state index contributed by atoms with van der Waals surface area (Å²) in [6.45, 7) is 11.8. The van der Waals surface area contributed by atoms with Crippen LogP contribution in [-0.2, 0) is 18.0 Å². The Hall–Kier alpha value is -0.0131. The molecule has 0 radical (unpaired) electrons. The summed E-state index contributed by atoms with van der Waals surface area (Å²) in [6, 6.07) is 0.785. The van der Waals surface area contributed by atoms with Crippen molar-refractivity contribution in [1.29, 1.82) is 0 Å². The highest BCUT2D eigenvalue weighted by Gasteiger charge is 2.50. The number of rotatable bonds is 12. The molecule has 0 aromatic heterocycles. The molecule has 1 rings (SSSR count). The van der Waals surface area contributed by atoms with E-state index < -0.39 is 8.80 Å². The van der Waals surface area contributed by atoms with Crippen LogP contribution in [0.1, 0.15) is 86.0 Å². The number of ether oxygens (including phenoxy) is 1. The van der Waals surface area contributed by atoms with Gasteiger partial charge in [0.15, 0.2) is 5.05 Å². The van der Waals surface area contributed by atoms with Gasteiger partial charge in [0, 0.05) is 25.2 Å². The lowest BCUT2D eigenvalue weighted by atomic mass is 10.0. The molecular weight excluding hydrogens is 352 g/mol. The van der Waals surface area contributed by atoms with Crippen LogP contribution in [0.15, 0.2) is 0 Å². The molecule has 0 aliphatic carbocycles. The highest BCUT2D eigenvalue weighted by molar-refractivity contribution is 7.80. The summed E-state index contributed by atoms with van der Waals surface area (Å²) in [4.78, 5) is 0. The van der Waals surface area contributed by atoms with Crippen LogP contribution in [0.25, 0.3) is 0 Å². The van der Waals surface area contributed by atoms with E-state index in [4.69, 9.17) is 30.2 Å². The molecule has 0 N–H and O–H groups in total. The second kappa shape index (κ2) is 11.6. The molecule has 1 aliphatic rings. The topological polar surface area (TPSA) is 36.9 Å². The van der Waals surface area contributed by atoms with Gasteiger partial charge in [-0.2, -0.15) is 0 Å². The fourth-order valence-corrected chi connectivity index (χ4v) is 6.82. The third kappa shape index (κ3) is 9.47. The summed E-state index contributed by atoms with van der Waals surface area (Å²) in [7, 11) is -2.62. The van der Waals surface area contributed by atoms with Crippen molar-refractivity contribution in [3.63, 3.8) is 0 Å². The summed E-state index contributed by atoms with van der Waals surface area (Å²) < 4.78 is 24.2. The van der Waals surface area contributed by atoms with Crippen LogP contribution in [0.5, 0.6) is 0 Å². The maximum absolute atomic E-state index is 6.29. The first-order valence-corrected chi connectivity index (χ1v) is 12.3. The SMILES string of the molecule is CCCCCCCC(=S)OCCC[Si]1(OCC)OC(C)CC(C)(C)O1. The van der Waals surface area contributed by atoms with Crippen molar-refractivity contribution in [3.8, 4) is 0 Å². The minimum absolute atomic E-state index is 0.173. The van der Waals surface area contributed by atoms with Crippen molar-refractivity contribution in [2.45, 2.75) is 104 Å². The first-order chi connectivity index (χ1) is 11.8. The van der Waals surface area contributed by atoms with E-state index in [-0.39, 0.29) is 11.7 Å². The number of unbranched alkanes of at least 4 members (excludes halogenated alkanes) is 4. The van der Waals surface area contributed by atoms with Crippen LogP contribution >= 0.6 is 12.2 Å². The smallest absolute Gasteiger partial charge is 0.487 e. The molecule has 148 valence electrons. The molecule has 0 aromatic carbocycles. The van der Waals surface area contributed by atoms with Crippen LogP contribution in [0.3, 0.4) is 0 Å². The van der Waals surface area contributed by atoms with E-state index in [1.165, 1.54) is 25.7 Å². The highest BCUT2D eigenvalue weighted by atomic mass is 32.1. The predicted octanol–water partition coefficient (Wildman–Crippen LogP) is 5.66. The zero-order valence-electron chi connectivity index (χ0n) is 16.9. The quantitative estimate of drug-likeness (QED) is 0.244. The second-order valence-electron chi connectivity index (χ2n) is 7.60. The Morgan fingerprint density at radius 2 is 1.88 bits per heavy atom. The van der Waals surface area contributed by atoms with Crippen LogP contribution < -0.4 is 0 Å². The molecule has 2 atom stereocenters. The van der Waals surface area contributed by atoms with Crippen molar-refractivity contribution < 1.29 is 18.0 Å². The van der Waals surface area contributed by atoms with Gasteiger partial charge in [-0.05, 0) is 59.2 Å². The summed E-state index contributed by atoms with van der Waals surface area (Å²) in [5, 5.41) is 0.739. The van der Waals surface area contributed by atoms with Gasteiger partial charge in [-0.1, -0.05) is 32.6 Å². The zero-order valence-corrected chi connectivity index (χ0v) is 18.7. The molecule has 0 spiro atoms. The minimum Gasteiger partial charge on any atom is -0.487 e. The molecule has 0 saturated carbocycles. The molecule has 4 nitrogen and oxygen atoms in total. The van der Waals surface area contributed by atoms with Gasteiger partial charge in [0.1, 0.15) is 0 Å². The molecule has 1 fully saturated rings. The fraction of sp³-hybridized carbons (Fsp3) is 0.947. The Kier molecular flexibility index (Phi) is 10.7. The highest BCUT2D eigenvalue weighted by Crippen LogP contribution is 2.34. The largest absolute Gasteiger partial charge is 0.501 e. The summed E-state index contributed by atoms with van der Waals surface area (Å²) in [6.07, 6.45) is 9.07. The van der Waals surface area contributed by atoms with Gasteiger partial charge in [0.05, 0.1) is 12.2 Å². The molecule has 0 aromatic rings. The molecule has 1 heterocycles. The Morgan fingerprint density at radius 1 is 1.16 bits per heavy atom. The van der Waals surface area contributed by atoms with Gasteiger partial charge in [0.2, 0.25) is 0 Å². The predicted molar refractivity (Wildman–Crippen MR) is 109 cm³/mol. The fourth-order valence-electron chi connectivity index (χ4n) is 3.41. The molecule has 1 saturated heterocycles. The maximum atomic E-state index is 6.29. The van der Waals surface area contributed by atoms with Crippen molar-refractivity contribution in [3.05, 3.63) is 0 Å². The lowest BCUT2D eigenvalue weighted by Crippen LogP contribution is -2.58. The van der Waals surface area contributed by atoms with Crippen molar-refractivity contribution in [1.82, 2.24) is 0 Å². The van der Waals surface area contributed by atoms with Crippen LogP contribution in [-0.4, -0.2) is 38.8 Å². The normalized spacial score (nSPS) is 25.7. The Labute approximate surface area is 161 Å². The Bertz CT molecular complexity index is 392. The average Bonchev–Trinajstić information content (AvgIpc) is 2.49. The average molecular weight is 391 g/mol. The molecular formula is C19H38O4SSi. The van der Waals surface area contributed by atoms with Gasteiger partial charge in [-0.25, -0.2) is 0 Å². The van der Waals surface area contributed by atoms with Crippen LogP contribution in [0.4, 0.5) is 0 Å². The van der Waals surface area contributed by atoms with Gasteiger partial charge in [-0.3, -0.25) is 0 Å². The molecule has 6 heteroatoms. The molecule has 2 unspecified atom stereocenters. The van der Waals surface area contributed by atoms with Crippen LogP contribution in [0, 0.1) is 0 Å². The van der Waals surface area contributed by atoms with E-state index in [2.05, 4.69) is 27.7 Å². The van der Waals surface area contributed by atoms with Crippen molar-refractivity contribution >= 4 is 26.1 Å². The van der Waals surface area contributed by atoms with E-state index in [1.54, 1.807) is 0 Å². The minimum atomic E-state index is -2.62. The lowest BCUT2D eigenvalue weighted by molar-refractivity contribution is -0.0900. The monoisotopic (exact) mass is 390 g/mol. The zero-order chi connectivity index (χ0) is 18.8. The first kappa shape index (κ1) is 23.0. The van der Waals surface area contributed by atoms with Crippen molar-refractivity contribution in [2.24, 2.45) is 0 Å². The number of hydrogen-bond acceptors (Lipinski definition) is 5. The summed E-state index contributed by atoms with van der Waals surface area (Å²) in [5.74, 6) is 0. The second-order valence-corrected chi connectivity index (χ2v) is 10.6. The van der Waals surface area contributed by atoms with E-state index >= 15 is 0 Å². The number of hydrogen-bond donors (Lipinski definition) is 0. The van der Waals surface area contributed by atoms with Gasteiger partial charge in [-0.15, -0.1) is 0 Å². The molecule has 0 amide bonds. The van der Waals surface area contributed by atoms with Crippen LogP contribution in [0.2, 0.25) is 6.04 Å². The Morgan fingerprint density at radius 3 is 2.52 bits per heavy atom. The van der Waals surface area contributed by atoms with E-state index in [9.17, 15) is 0 Å². The number of thiocarbonyl (C=S) groups is 1. The van der Waals surface area contributed by atoms with E-state index in [1.807, 2.05) is 6.92 Å². The third-order valence-electron chi connectivity index (χ3n) is 4.33. The van der Waals surface area contributed by atoms with E-state index in [0.717, 1.165) is 36.8 Å². The van der Waals surface area contributed by atoms with Gasteiger partial charge >= 0.3 is 8.80 Å². The Balaban J connectivity index is 2.30. The first-order valence-electron chi connectivity index (χ1n) is 10.00. The van der Waals surface area contributed by atoms with Crippen molar-refractivity contribution in [2.75, 3.05) is 13.2 Å². The lowest BCUT2D eigenvalue weighted by Gasteiger charge is -2.45. The molecule has 1 aliphatic heterocycles. The molecule has 25 heavy (non-hydrogen) atoms. The van der Waals surface area contributed by atoms with Gasteiger partial charge < -0.3 is 18.0 Å². The third-order valence-corrected chi connectivity index (χ3v) is 7.97. The molecule has 0 bridgehead atoms. The standard InChI is InChI=1S/C19H38O4SSi/c1-6-8-9-10-11-13-18(24)20-14-12-15-25(21-7-2)22-17(3)16-19(4,5)23-25/h17H,6-16H2,1-5H3. The van der Waals surface area contributed by atoms with Gasteiger partial charge in [0.25, 0.3) is 0 Å². The summed E-state index contributed by atoms with van der Waals surface area (Å²) >= 11 is 5.33. The summed E-state index contributed by atoms with van der Waals surface area (Å²) in [5.41, 5.74) is -0.187.